The Hall–Kier alpha value is -2.60. The van der Waals surface area contributed by atoms with E-state index in [9.17, 15) is 9.59 Å². The molecule has 6 nitrogen and oxygen atoms in total. The molecule has 148 valence electrons. The Kier molecular flexibility index (Phi) is 4.75. The summed E-state index contributed by atoms with van der Waals surface area (Å²) in [5, 5.41) is 6.58. The van der Waals surface area contributed by atoms with E-state index in [1.807, 2.05) is 35.2 Å². The van der Waals surface area contributed by atoms with Gasteiger partial charge in [-0.05, 0) is 36.5 Å². The molecule has 0 unspecified atom stereocenters. The first kappa shape index (κ1) is 18.7. The average Bonchev–Trinajstić information content (AvgIpc) is 2.98. The SMILES string of the molecule is CC1(C)CNC(=O)C2(CCN(C(=O)C3=Cc4ccccc4OC=C3)CC2)NC1. The van der Waals surface area contributed by atoms with Crippen molar-refractivity contribution >= 4 is 17.9 Å². The van der Waals surface area contributed by atoms with Crippen LogP contribution in [0.3, 0.4) is 0 Å². The van der Waals surface area contributed by atoms with Crippen molar-refractivity contribution in [3.8, 4) is 5.75 Å². The highest BCUT2D eigenvalue weighted by Gasteiger charge is 2.45. The molecule has 2 N–H and O–H groups in total. The number of hydrogen-bond acceptors (Lipinski definition) is 4. The van der Waals surface area contributed by atoms with Crippen molar-refractivity contribution in [2.45, 2.75) is 32.2 Å². The van der Waals surface area contributed by atoms with E-state index in [0.717, 1.165) is 17.9 Å². The number of carbonyl (C=O) groups is 2. The zero-order valence-corrected chi connectivity index (χ0v) is 16.5. The molecule has 4 rings (SSSR count). The number of nitrogens with one attached hydrogen (secondary N) is 2. The van der Waals surface area contributed by atoms with Crippen molar-refractivity contribution in [2.24, 2.45) is 5.41 Å². The predicted octanol–water partition coefficient (Wildman–Crippen LogP) is 2.08. The lowest BCUT2D eigenvalue weighted by molar-refractivity contribution is -0.134. The number of fused-ring (bicyclic) bond motifs is 1. The summed E-state index contributed by atoms with van der Waals surface area (Å²) in [4.78, 5) is 27.6. The van der Waals surface area contributed by atoms with E-state index in [1.54, 1.807) is 12.3 Å². The van der Waals surface area contributed by atoms with Gasteiger partial charge in [0.1, 0.15) is 11.3 Å². The van der Waals surface area contributed by atoms with Crippen molar-refractivity contribution in [1.29, 1.82) is 0 Å². The van der Waals surface area contributed by atoms with Crippen molar-refractivity contribution < 1.29 is 14.3 Å². The molecule has 3 aliphatic heterocycles. The third kappa shape index (κ3) is 3.56. The van der Waals surface area contributed by atoms with Crippen LogP contribution in [0, 0.1) is 5.41 Å². The van der Waals surface area contributed by atoms with Gasteiger partial charge >= 0.3 is 0 Å². The maximum Gasteiger partial charge on any atom is 0.253 e. The van der Waals surface area contributed by atoms with Gasteiger partial charge in [-0.1, -0.05) is 32.0 Å². The number of nitrogens with zero attached hydrogens (tertiary/aromatic N) is 1. The Labute approximate surface area is 165 Å². The molecule has 0 saturated carbocycles. The van der Waals surface area contributed by atoms with Gasteiger partial charge in [-0.3, -0.25) is 9.59 Å². The van der Waals surface area contributed by atoms with Gasteiger partial charge in [0.05, 0.1) is 6.26 Å². The molecular weight excluding hydrogens is 354 g/mol. The van der Waals surface area contributed by atoms with Gasteiger partial charge in [0.2, 0.25) is 5.91 Å². The van der Waals surface area contributed by atoms with Crippen LogP contribution in [-0.4, -0.2) is 48.4 Å². The maximum absolute atomic E-state index is 13.1. The van der Waals surface area contributed by atoms with E-state index in [2.05, 4.69) is 24.5 Å². The molecule has 1 aromatic rings. The molecule has 1 aromatic carbocycles. The van der Waals surface area contributed by atoms with E-state index < -0.39 is 5.54 Å². The smallest absolute Gasteiger partial charge is 0.253 e. The summed E-state index contributed by atoms with van der Waals surface area (Å²) in [7, 11) is 0. The first-order chi connectivity index (χ1) is 13.4. The summed E-state index contributed by atoms with van der Waals surface area (Å²) >= 11 is 0. The van der Waals surface area contributed by atoms with E-state index in [1.165, 1.54) is 0 Å². The molecule has 28 heavy (non-hydrogen) atoms. The minimum Gasteiger partial charge on any atom is -0.464 e. The van der Waals surface area contributed by atoms with Crippen LogP contribution in [0.5, 0.6) is 5.75 Å². The van der Waals surface area contributed by atoms with Gasteiger partial charge in [0.15, 0.2) is 0 Å². The van der Waals surface area contributed by atoms with E-state index in [0.29, 0.717) is 38.0 Å². The van der Waals surface area contributed by atoms with E-state index in [4.69, 9.17) is 4.74 Å². The Bertz CT molecular complexity index is 848. The highest BCUT2D eigenvalue weighted by atomic mass is 16.5. The van der Waals surface area contributed by atoms with Crippen LogP contribution in [-0.2, 0) is 9.59 Å². The van der Waals surface area contributed by atoms with Gasteiger partial charge in [-0.15, -0.1) is 0 Å². The Morgan fingerprint density at radius 1 is 1.14 bits per heavy atom. The van der Waals surface area contributed by atoms with Crippen LogP contribution in [0.15, 0.2) is 42.2 Å². The summed E-state index contributed by atoms with van der Waals surface area (Å²) in [6, 6.07) is 7.65. The quantitative estimate of drug-likeness (QED) is 0.781. The summed E-state index contributed by atoms with van der Waals surface area (Å²) in [5.74, 6) is 0.767. The lowest BCUT2D eigenvalue weighted by Crippen LogP contribution is -2.61. The second kappa shape index (κ2) is 7.09. The zero-order valence-electron chi connectivity index (χ0n) is 16.5. The molecule has 0 bridgehead atoms. The molecule has 3 heterocycles. The lowest BCUT2D eigenvalue weighted by atomic mass is 9.85. The topological polar surface area (TPSA) is 70.7 Å². The zero-order chi connectivity index (χ0) is 19.8. The molecule has 2 amide bonds. The van der Waals surface area contributed by atoms with Gasteiger partial charge in [0.25, 0.3) is 5.91 Å². The molecule has 0 aliphatic carbocycles. The summed E-state index contributed by atoms with van der Waals surface area (Å²) in [5.41, 5.74) is 0.931. The fraction of sp³-hybridized carbons (Fsp3) is 0.455. The molecule has 0 aromatic heterocycles. The first-order valence-electron chi connectivity index (χ1n) is 9.85. The highest BCUT2D eigenvalue weighted by molar-refractivity contribution is 6.01. The highest BCUT2D eigenvalue weighted by Crippen LogP contribution is 2.29. The fourth-order valence-corrected chi connectivity index (χ4v) is 3.95. The van der Waals surface area contributed by atoms with Crippen LogP contribution >= 0.6 is 0 Å². The van der Waals surface area contributed by atoms with Gasteiger partial charge < -0.3 is 20.3 Å². The lowest BCUT2D eigenvalue weighted by Gasteiger charge is -2.40. The van der Waals surface area contributed by atoms with Gasteiger partial charge in [-0.25, -0.2) is 0 Å². The van der Waals surface area contributed by atoms with Crippen LogP contribution in [0.25, 0.3) is 6.08 Å². The number of carbonyl (C=O) groups excluding carboxylic acids is 2. The molecule has 6 heteroatoms. The van der Waals surface area contributed by atoms with Crippen molar-refractivity contribution in [1.82, 2.24) is 15.5 Å². The van der Waals surface area contributed by atoms with E-state index >= 15 is 0 Å². The van der Waals surface area contributed by atoms with Crippen LogP contribution in [0.4, 0.5) is 0 Å². The molecule has 0 radical (unpaired) electrons. The number of likely N-dealkylation sites (tertiary alicyclic amines) is 1. The predicted molar refractivity (Wildman–Crippen MR) is 108 cm³/mol. The van der Waals surface area contributed by atoms with Crippen molar-refractivity contribution in [3.63, 3.8) is 0 Å². The number of amides is 2. The third-order valence-electron chi connectivity index (χ3n) is 5.89. The Balaban J connectivity index is 1.47. The second-order valence-corrected chi connectivity index (χ2v) is 8.63. The molecule has 1 spiro atoms. The minimum absolute atomic E-state index is 0.0233. The standard InChI is InChI=1S/C22H27N3O3/c1-21(2)14-23-20(27)22(24-15-21)8-10-25(11-9-22)19(26)17-7-12-28-18-6-4-3-5-16(18)13-17/h3-7,12-13,24H,8-11,14-15H2,1-2H3,(H,23,27). The average molecular weight is 381 g/mol. The third-order valence-corrected chi connectivity index (χ3v) is 5.89. The normalized spacial score (nSPS) is 23.0. The number of hydrogen-bond donors (Lipinski definition) is 2. The van der Waals surface area contributed by atoms with Crippen molar-refractivity contribution in [2.75, 3.05) is 26.2 Å². The molecular formula is C22H27N3O3. The first-order valence-corrected chi connectivity index (χ1v) is 9.85. The number of piperidine rings is 1. The summed E-state index contributed by atoms with van der Waals surface area (Å²) in [6.45, 7) is 6.83. The fourth-order valence-electron chi connectivity index (χ4n) is 3.95. The number of para-hydroxylation sites is 1. The Morgan fingerprint density at radius 3 is 2.68 bits per heavy atom. The van der Waals surface area contributed by atoms with Crippen LogP contribution in [0.2, 0.25) is 0 Å². The van der Waals surface area contributed by atoms with Gasteiger partial charge in [-0.2, -0.15) is 0 Å². The maximum atomic E-state index is 13.1. The monoisotopic (exact) mass is 381 g/mol. The summed E-state index contributed by atoms with van der Waals surface area (Å²) in [6.07, 6.45) is 6.37. The minimum atomic E-state index is -0.575. The molecule has 3 aliphatic rings. The second-order valence-electron chi connectivity index (χ2n) is 8.63. The van der Waals surface area contributed by atoms with Crippen LogP contribution in [0.1, 0.15) is 32.3 Å². The summed E-state index contributed by atoms with van der Waals surface area (Å²) < 4.78 is 5.59. The molecule has 2 saturated heterocycles. The Morgan fingerprint density at radius 2 is 1.89 bits per heavy atom. The molecule has 2 fully saturated rings. The van der Waals surface area contributed by atoms with Crippen molar-refractivity contribution in [3.05, 3.63) is 47.7 Å². The number of ether oxygens (including phenoxy) is 1. The van der Waals surface area contributed by atoms with Crippen LogP contribution < -0.4 is 15.4 Å². The van der Waals surface area contributed by atoms with E-state index in [-0.39, 0.29) is 17.2 Å². The number of rotatable bonds is 1. The largest absolute Gasteiger partial charge is 0.464 e. The van der Waals surface area contributed by atoms with Gasteiger partial charge in [0, 0.05) is 37.3 Å². The number of benzene rings is 1. The molecule has 0 atom stereocenters.